The molecule has 0 heterocycles. The van der Waals surface area contributed by atoms with E-state index in [1.165, 1.54) is 0 Å². The number of hydrogen-bond donors (Lipinski definition) is 0. The number of benzene rings is 1. The van der Waals surface area contributed by atoms with Gasteiger partial charge in [-0.3, -0.25) is 0 Å². The zero-order valence-electron chi connectivity index (χ0n) is 14.5. The van der Waals surface area contributed by atoms with Gasteiger partial charge in [-0.2, -0.15) is 0 Å². The molecule has 23 heavy (non-hydrogen) atoms. The lowest BCUT2D eigenvalue weighted by Crippen LogP contribution is -2.43. The van der Waals surface area contributed by atoms with Crippen LogP contribution in [0.25, 0.3) is 0 Å². The Labute approximate surface area is 155 Å². The van der Waals surface area contributed by atoms with Crippen LogP contribution in [0.1, 0.15) is 20.8 Å². The fourth-order valence-corrected chi connectivity index (χ4v) is 4.95. The summed E-state index contributed by atoms with van der Waals surface area (Å²) in [5, 5.41) is 0.140. The fraction of sp³-hybridized carbons (Fsp3) is 0.529. The molecule has 1 atom stereocenters. The van der Waals surface area contributed by atoms with Crippen molar-refractivity contribution in [1.29, 1.82) is 0 Å². The van der Waals surface area contributed by atoms with Crippen LogP contribution in [0.4, 0.5) is 0 Å². The minimum absolute atomic E-state index is 0.00498. The average molecular weight is 466 g/mol. The Kier molecular flexibility index (Phi) is 7.50. The lowest BCUT2D eigenvalue weighted by atomic mass is 10.2. The summed E-state index contributed by atoms with van der Waals surface area (Å²) < 4.78 is 31.7. The average Bonchev–Trinajstić information content (AvgIpc) is 2.45. The Morgan fingerprint density at radius 3 is 2.26 bits per heavy atom. The van der Waals surface area contributed by atoms with E-state index in [-0.39, 0.29) is 16.9 Å². The number of alkyl halides is 1. The topological polar surface area (TPSA) is 43.4 Å². The SMILES string of the molecule is CC(C)(C)[Si](C)(C)O[C@@H](/C=C\CS(=O)(=O)c1ccccc1)CI. The standard InChI is InChI=1S/C17H27IO3SSi/c1-17(2,3)23(4,5)21-15(14-18)10-9-13-22(19,20)16-11-7-6-8-12-16/h6-12,15H,13-14H2,1-5H3/b10-9-/t15-/m0/s1. The van der Waals surface area contributed by atoms with Gasteiger partial charge in [0.2, 0.25) is 0 Å². The van der Waals surface area contributed by atoms with E-state index in [0.29, 0.717) is 4.90 Å². The van der Waals surface area contributed by atoms with Gasteiger partial charge in [-0.25, -0.2) is 8.42 Å². The van der Waals surface area contributed by atoms with E-state index in [2.05, 4.69) is 56.5 Å². The van der Waals surface area contributed by atoms with E-state index in [4.69, 9.17) is 4.43 Å². The molecule has 0 unspecified atom stereocenters. The second-order valence-corrected chi connectivity index (χ2v) is 14.8. The molecule has 0 aliphatic heterocycles. The molecule has 0 bridgehead atoms. The van der Waals surface area contributed by atoms with E-state index in [1.54, 1.807) is 30.3 Å². The highest BCUT2D eigenvalue weighted by molar-refractivity contribution is 14.1. The van der Waals surface area contributed by atoms with Crippen LogP contribution in [0.15, 0.2) is 47.4 Å². The first-order chi connectivity index (χ1) is 10.5. The molecule has 6 heteroatoms. The third-order valence-corrected chi connectivity index (χ3v) is 11.2. The smallest absolute Gasteiger partial charge is 0.192 e. The Morgan fingerprint density at radius 1 is 1.22 bits per heavy atom. The molecule has 1 aromatic carbocycles. The van der Waals surface area contributed by atoms with Gasteiger partial charge < -0.3 is 4.43 Å². The van der Waals surface area contributed by atoms with Gasteiger partial charge in [0.1, 0.15) is 0 Å². The monoisotopic (exact) mass is 466 g/mol. The number of sulfone groups is 1. The Balaban J connectivity index is 2.75. The molecule has 0 fully saturated rings. The number of halogens is 1. The summed E-state index contributed by atoms with van der Waals surface area (Å²) in [6.45, 7) is 11.0. The van der Waals surface area contributed by atoms with Gasteiger partial charge in [0, 0.05) is 4.43 Å². The first-order valence-electron chi connectivity index (χ1n) is 7.68. The van der Waals surface area contributed by atoms with E-state index >= 15 is 0 Å². The zero-order chi connectivity index (χ0) is 17.7. The summed E-state index contributed by atoms with van der Waals surface area (Å²) in [4.78, 5) is 0.362. The van der Waals surface area contributed by atoms with E-state index in [1.807, 2.05) is 12.1 Å². The summed E-state index contributed by atoms with van der Waals surface area (Å²) in [6.07, 6.45) is 3.58. The largest absolute Gasteiger partial charge is 0.410 e. The van der Waals surface area contributed by atoms with Crippen LogP contribution in [-0.4, -0.2) is 33.0 Å². The highest BCUT2D eigenvalue weighted by Crippen LogP contribution is 2.37. The maximum Gasteiger partial charge on any atom is 0.192 e. The highest BCUT2D eigenvalue weighted by atomic mass is 127. The summed E-state index contributed by atoms with van der Waals surface area (Å²) in [6, 6.07) is 8.56. The van der Waals surface area contributed by atoms with Crippen molar-refractivity contribution in [3.8, 4) is 0 Å². The first-order valence-corrected chi connectivity index (χ1v) is 13.8. The molecule has 0 aliphatic carbocycles. The fourth-order valence-electron chi connectivity index (χ4n) is 1.74. The minimum atomic E-state index is -3.27. The predicted octanol–water partition coefficient (Wildman–Crippen LogP) is 4.84. The Bertz CT molecular complexity index is 619. The van der Waals surface area contributed by atoms with Gasteiger partial charge in [-0.1, -0.05) is 73.7 Å². The molecule has 130 valence electrons. The minimum Gasteiger partial charge on any atom is -0.410 e. The van der Waals surface area contributed by atoms with Gasteiger partial charge >= 0.3 is 0 Å². The van der Waals surface area contributed by atoms with Crippen molar-refractivity contribution < 1.29 is 12.8 Å². The third kappa shape index (κ3) is 6.32. The third-order valence-electron chi connectivity index (χ3n) is 4.17. The van der Waals surface area contributed by atoms with Gasteiger partial charge in [0.15, 0.2) is 18.2 Å². The molecule has 1 aromatic rings. The molecule has 3 nitrogen and oxygen atoms in total. The highest BCUT2D eigenvalue weighted by Gasteiger charge is 2.38. The summed E-state index contributed by atoms with van der Waals surface area (Å²) in [5.74, 6) is 0.00498. The summed E-state index contributed by atoms with van der Waals surface area (Å²) in [7, 11) is -5.12. The van der Waals surface area contributed by atoms with Crippen molar-refractivity contribution in [1.82, 2.24) is 0 Å². The lowest BCUT2D eigenvalue weighted by Gasteiger charge is -2.38. The second kappa shape index (κ2) is 8.27. The van der Waals surface area contributed by atoms with E-state index in [0.717, 1.165) is 4.43 Å². The molecule has 0 spiro atoms. The van der Waals surface area contributed by atoms with Crippen LogP contribution >= 0.6 is 22.6 Å². The van der Waals surface area contributed by atoms with Gasteiger partial charge in [-0.05, 0) is 30.3 Å². The lowest BCUT2D eigenvalue weighted by molar-refractivity contribution is 0.250. The van der Waals surface area contributed by atoms with Crippen LogP contribution in [0.3, 0.4) is 0 Å². The van der Waals surface area contributed by atoms with Crippen molar-refractivity contribution in [3.05, 3.63) is 42.5 Å². The van der Waals surface area contributed by atoms with Crippen LogP contribution in [0, 0.1) is 0 Å². The predicted molar refractivity (Wildman–Crippen MR) is 109 cm³/mol. The zero-order valence-corrected chi connectivity index (χ0v) is 18.5. The summed E-state index contributed by atoms with van der Waals surface area (Å²) in [5.41, 5.74) is 0. The van der Waals surface area contributed by atoms with Crippen molar-refractivity contribution in [3.63, 3.8) is 0 Å². The second-order valence-electron chi connectivity index (χ2n) is 7.09. The molecule has 0 saturated heterocycles. The molecule has 0 amide bonds. The van der Waals surface area contributed by atoms with E-state index in [9.17, 15) is 8.42 Å². The van der Waals surface area contributed by atoms with Gasteiger partial charge in [0.25, 0.3) is 0 Å². The Hall–Kier alpha value is -0.183. The number of hydrogen-bond acceptors (Lipinski definition) is 3. The molecule has 0 saturated carbocycles. The van der Waals surface area contributed by atoms with Crippen molar-refractivity contribution >= 4 is 40.7 Å². The van der Waals surface area contributed by atoms with Crippen molar-refractivity contribution in [2.45, 2.75) is 49.9 Å². The van der Waals surface area contributed by atoms with Gasteiger partial charge in [0.05, 0.1) is 16.8 Å². The van der Waals surface area contributed by atoms with Crippen LogP contribution in [0.5, 0.6) is 0 Å². The summed E-state index contributed by atoms with van der Waals surface area (Å²) >= 11 is 2.29. The maximum atomic E-state index is 12.3. The van der Waals surface area contributed by atoms with Crippen molar-refractivity contribution in [2.24, 2.45) is 0 Å². The molecule has 0 aliphatic rings. The normalized spacial score (nSPS) is 15.0. The Morgan fingerprint density at radius 2 is 1.78 bits per heavy atom. The van der Waals surface area contributed by atoms with Crippen molar-refractivity contribution in [2.75, 3.05) is 10.2 Å². The quantitative estimate of drug-likeness (QED) is 0.250. The first kappa shape index (κ1) is 20.9. The molecular formula is C17H27IO3SSi. The van der Waals surface area contributed by atoms with E-state index < -0.39 is 18.2 Å². The van der Waals surface area contributed by atoms with Crippen LogP contribution in [0.2, 0.25) is 18.1 Å². The molecule has 0 N–H and O–H groups in total. The van der Waals surface area contributed by atoms with Crippen LogP contribution < -0.4 is 0 Å². The van der Waals surface area contributed by atoms with Gasteiger partial charge in [-0.15, -0.1) is 0 Å². The number of rotatable bonds is 7. The van der Waals surface area contributed by atoms with Crippen LogP contribution in [-0.2, 0) is 14.3 Å². The molecular weight excluding hydrogens is 439 g/mol. The molecule has 0 aromatic heterocycles. The molecule has 0 radical (unpaired) electrons. The molecule has 1 rings (SSSR count). The maximum absolute atomic E-state index is 12.3.